The van der Waals surface area contributed by atoms with Crippen LogP contribution in [0.5, 0.6) is 5.75 Å². The first-order valence-corrected chi connectivity index (χ1v) is 6.72. The molecular formula is C11H17NO3S. The number of nitrogens with two attached hydrogens (primary N) is 1. The molecule has 0 aliphatic carbocycles. The number of benzene rings is 1. The van der Waals surface area contributed by atoms with Crippen LogP contribution in [0.25, 0.3) is 0 Å². The quantitative estimate of drug-likeness (QED) is 0.815. The summed E-state index contributed by atoms with van der Waals surface area (Å²) in [5.41, 5.74) is 6.85. The summed E-state index contributed by atoms with van der Waals surface area (Å²) < 4.78 is 28.5. The fourth-order valence-corrected chi connectivity index (χ4v) is 2.22. The minimum absolute atomic E-state index is 0.0152. The molecule has 0 saturated heterocycles. The molecule has 5 heteroatoms. The average molecular weight is 243 g/mol. The highest BCUT2D eigenvalue weighted by molar-refractivity contribution is 7.91. The number of nitrogen functional groups attached to an aromatic ring is 1. The van der Waals surface area contributed by atoms with Crippen LogP contribution >= 0.6 is 0 Å². The van der Waals surface area contributed by atoms with E-state index in [0.717, 1.165) is 0 Å². The third-order valence-electron chi connectivity index (χ3n) is 2.38. The molecule has 0 radical (unpaired) electrons. The summed E-state index contributed by atoms with van der Waals surface area (Å²) in [6.45, 7) is 3.34. The third-order valence-corrected chi connectivity index (χ3v) is 4.56. The van der Waals surface area contributed by atoms with E-state index in [-0.39, 0.29) is 11.0 Å². The molecule has 90 valence electrons. The van der Waals surface area contributed by atoms with Crippen molar-refractivity contribution in [2.45, 2.75) is 24.9 Å². The number of sulfone groups is 1. The Hall–Kier alpha value is -1.23. The molecule has 0 aliphatic rings. The molecule has 0 aromatic heterocycles. The Bertz CT molecular complexity index is 466. The van der Waals surface area contributed by atoms with Crippen LogP contribution in [0, 0.1) is 0 Å². The molecule has 0 aliphatic heterocycles. The molecule has 4 nitrogen and oxygen atoms in total. The first kappa shape index (κ1) is 12.8. The van der Waals surface area contributed by atoms with Crippen molar-refractivity contribution in [1.82, 2.24) is 0 Å². The zero-order valence-electron chi connectivity index (χ0n) is 9.73. The lowest BCUT2D eigenvalue weighted by Crippen LogP contribution is -2.16. The molecule has 1 aromatic rings. The molecule has 0 atom stereocenters. The van der Waals surface area contributed by atoms with Gasteiger partial charge in [0.25, 0.3) is 0 Å². The second kappa shape index (κ2) is 4.74. The van der Waals surface area contributed by atoms with Gasteiger partial charge >= 0.3 is 0 Å². The lowest BCUT2D eigenvalue weighted by Gasteiger charge is -2.10. The van der Waals surface area contributed by atoms with Crippen LogP contribution in [0.4, 0.5) is 5.69 Å². The van der Waals surface area contributed by atoms with Crippen LogP contribution in [-0.2, 0) is 15.6 Å². The summed E-state index contributed by atoms with van der Waals surface area (Å²) in [5.74, 6) is 0.526. The van der Waals surface area contributed by atoms with E-state index >= 15 is 0 Å². The second-order valence-electron chi connectivity index (χ2n) is 3.93. The molecule has 0 unspecified atom stereocenters. The molecule has 0 fully saturated rings. The van der Waals surface area contributed by atoms with Crippen LogP contribution in [0.3, 0.4) is 0 Å². The summed E-state index contributed by atoms with van der Waals surface area (Å²) in [7, 11) is -1.58. The number of methoxy groups -OCH3 is 1. The highest BCUT2D eigenvalue weighted by Crippen LogP contribution is 2.23. The maximum absolute atomic E-state index is 11.7. The topological polar surface area (TPSA) is 69.4 Å². The molecular weight excluding hydrogens is 226 g/mol. The first-order chi connectivity index (χ1) is 7.36. The standard InChI is InChI=1S/C11H17NO3S/c1-8(2)16(13,14)7-9-4-5-10(12)11(6-9)15-3/h4-6,8H,7,12H2,1-3H3. The van der Waals surface area contributed by atoms with Gasteiger partial charge in [-0.2, -0.15) is 0 Å². The molecule has 0 saturated carbocycles. The minimum atomic E-state index is -3.09. The van der Waals surface area contributed by atoms with E-state index in [1.165, 1.54) is 7.11 Å². The van der Waals surface area contributed by atoms with E-state index < -0.39 is 9.84 Å². The van der Waals surface area contributed by atoms with Gasteiger partial charge in [-0.25, -0.2) is 8.42 Å². The number of anilines is 1. The number of hydrogen-bond donors (Lipinski definition) is 1. The molecule has 0 bridgehead atoms. The average Bonchev–Trinajstić information content (AvgIpc) is 2.20. The van der Waals surface area contributed by atoms with Gasteiger partial charge in [-0.05, 0) is 31.5 Å². The van der Waals surface area contributed by atoms with Gasteiger partial charge in [0.05, 0.1) is 23.8 Å². The number of rotatable bonds is 4. The molecule has 0 heterocycles. The van der Waals surface area contributed by atoms with E-state index in [2.05, 4.69) is 0 Å². The zero-order chi connectivity index (χ0) is 12.3. The fraction of sp³-hybridized carbons (Fsp3) is 0.455. The molecule has 1 aromatic carbocycles. The summed E-state index contributed by atoms with van der Waals surface area (Å²) in [4.78, 5) is 0. The predicted octanol–water partition coefficient (Wildman–Crippen LogP) is 1.60. The third kappa shape index (κ3) is 2.88. The van der Waals surface area contributed by atoms with Gasteiger partial charge in [0, 0.05) is 0 Å². The van der Waals surface area contributed by atoms with Crippen molar-refractivity contribution in [1.29, 1.82) is 0 Å². The first-order valence-electron chi connectivity index (χ1n) is 5.01. The van der Waals surface area contributed by atoms with Gasteiger partial charge in [0.1, 0.15) is 5.75 Å². The van der Waals surface area contributed by atoms with Crippen LogP contribution in [-0.4, -0.2) is 20.8 Å². The van der Waals surface area contributed by atoms with Crippen LogP contribution in [0.15, 0.2) is 18.2 Å². The van der Waals surface area contributed by atoms with Crippen molar-refractivity contribution in [2.75, 3.05) is 12.8 Å². The second-order valence-corrected chi connectivity index (χ2v) is 6.49. The normalized spacial score (nSPS) is 11.8. The summed E-state index contributed by atoms with van der Waals surface area (Å²) >= 11 is 0. The smallest absolute Gasteiger partial charge is 0.156 e. The predicted molar refractivity (Wildman–Crippen MR) is 65.2 cm³/mol. The molecule has 0 amide bonds. The Morgan fingerprint density at radius 3 is 2.50 bits per heavy atom. The fourth-order valence-electron chi connectivity index (χ4n) is 1.24. The van der Waals surface area contributed by atoms with Gasteiger partial charge < -0.3 is 10.5 Å². The maximum atomic E-state index is 11.7. The highest BCUT2D eigenvalue weighted by Gasteiger charge is 2.17. The molecule has 1 rings (SSSR count). The summed E-state index contributed by atoms with van der Waals surface area (Å²) in [5, 5.41) is -0.379. The van der Waals surface area contributed by atoms with Crippen molar-refractivity contribution in [3.8, 4) is 5.75 Å². The SMILES string of the molecule is COc1cc(CS(=O)(=O)C(C)C)ccc1N. The van der Waals surface area contributed by atoms with Crippen molar-refractivity contribution in [3.63, 3.8) is 0 Å². The zero-order valence-corrected chi connectivity index (χ0v) is 10.5. The van der Waals surface area contributed by atoms with Crippen molar-refractivity contribution >= 4 is 15.5 Å². The largest absolute Gasteiger partial charge is 0.495 e. The summed E-state index contributed by atoms with van der Waals surface area (Å²) in [6.07, 6.45) is 0. The van der Waals surface area contributed by atoms with Gasteiger partial charge in [0.15, 0.2) is 9.84 Å². The monoisotopic (exact) mass is 243 g/mol. The lowest BCUT2D eigenvalue weighted by atomic mass is 10.2. The highest BCUT2D eigenvalue weighted by atomic mass is 32.2. The van der Waals surface area contributed by atoms with Crippen LogP contribution < -0.4 is 10.5 Å². The van der Waals surface area contributed by atoms with Crippen molar-refractivity contribution in [2.24, 2.45) is 0 Å². The van der Waals surface area contributed by atoms with Gasteiger partial charge in [-0.3, -0.25) is 0 Å². The summed E-state index contributed by atoms with van der Waals surface area (Å²) in [6, 6.07) is 5.02. The van der Waals surface area contributed by atoms with Crippen molar-refractivity contribution in [3.05, 3.63) is 23.8 Å². The van der Waals surface area contributed by atoms with E-state index in [0.29, 0.717) is 17.0 Å². The molecule has 0 spiro atoms. The number of hydrogen-bond acceptors (Lipinski definition) is 4. The van der Waals surface area contributed by atoms with E-state index in [4.69, 9.17) is 10.5 Å². The van der Waals surface area contributed by atoms with Crippen LogP contribution in [0.2, 0.25) is 0 Å². The van der Waals surface area contributed by atoms with E-state index in [1.54, 1.807) is 32.0 Å². The Morgan fingerprint density at radius 1 is 1.38 bits per heavy atom. The maximum Gasteiger partial charge on any atom is 0.156 e. The van der Waals surface area contributed by atoms with Gasteiger partial charge in [-0.1, -0.05) is 6.07 Å². The Balaban J connectivity index is 2.99. The number of ether oxygens (including phenoxy) is 1. The van der Waals surface area contributed by atoms with Gasteiger partial charge in [0.2, 0.25) is 0 Å². The van der Waals surface area contributed by atoms with Crippen LogP contribution in [0.1, 0.15) is 19.4 Å². The Morgan fingerprint density at radius 2 is 2.00 bits per heavy atom. The van der Waals surface area contributed by atoms with E-state index in [9.17, 15) is 8.42 Å². The minimum Gasteiger partial charge on any atom is -0.495 e. The Labute approximate surface area is 96.3 Å². The Kier molecular flexibility index (Phi) is 3.80. The lowest BCUT2D eigenvalue weighted by molar-refractivity contribution is 0.416. The molecule has 16 heavy (non-hydrogen) atoms. The van der Waals surface area contributed by atoms with Crippen molar-refractivity contribution < 1.29 is 13.2 Å². The van der Waals surface area contributed by atoms with Gasteiger partial charge in [-0.15, -0.1) is 0 Å². The molecule has 2 N–H and O–H groups in total. The van der Waals surface area contributed by atoms with E-state index in [1.807, 2.05) is 0 Å².